The molecule has 0 saturated carbocycles. The first-order chi connectivity index (χ1) is 18.8. The Labute approximate surface area is 228 Å². The van der Waals surface area contributed by atoms with Crippen molar-refractivity contribution in [3.8, 4) is 5.75 Å². The number of benzene rings is 3. The van der Waals surface area contributed by atoms with Crippen LogP contribution < -0.4 is 16.8 Å². The largest absolute Gasteiger partial charge is 0.508 e. The van der Waals surface area contributed by atoms with Crippen LogP contribution in [0.4, 0.5) is 0 Å². The number of aromatic hydroxyl groups is 1. The molecule has 1 atom stereocenters. The molecule has 0 aromatic heterocycles. The van der Waals surface area contributed by atoms with Gasteiger partial charge in [0.05, 0.1) is 12.8 Å². The molecule has 0 radical (unpaired) electrons. The number of guanidine groups is 1. The van der Waals surface area contributed by atoms with Gasteiger partial charge in [-0.25, -0.2) is 0 Å². The van der Waals surface area contributed by atoms with E-state index in [2.05, 4.69) is 10.3 Å². The Balaban J connectivity index is 1.83. The molecule has 1 unspecified atom stereocenters. The number of hydrogen-bond donors (Lipinski definition) is 4. The molecule has 0 fully saturated rings. The maximum absolute atomic E-state index is 13.6. The zero-order valence-electron chi connectivity index (χ0n) is 21.8. The highest BCUT2D eigenvalue weighted by Crippen LogP contribution is 2.16. The van der Waals surface area contributed by atoms with Crippen molar-refractivity contribution in [2.45, 2.75) is 38.1 Å². The van der Waals surface area contributed by atoms with Crippen LogP contribution >= 0.6 is 0 Å². The number of phenolic OH excluding ortho intramolecular Hbond substituents is 1. The average molecular weight is 530 g/mol. The highest BCUT2D eigenvalue weighted by atomic mass is 16.3. The van der Waals surface area contributed by atoms with Gasteiger partial charge < -0.3 is 21.9 Å². The number of aliphatic imine (C=N–C) groups is 1. The fraction of sp³-hybridized carbons (Fsp3) is 0.267. The maximum atomic E-state index is 13.6. The van der Waals surface area contributed by atoms with E-state index in [4.69, 9.17) is 11.5 Å². The first-order valence-corrected chi connectivity index (χ1v) is 12.9. The van der Waals surface area contributed by atoms with Gasteiger partial charge in [0.2, 0.25) is 17.7 Å². The van der Waals surface area contributed by atoms with Crippen LogP contribution in [0.15, 0.2) is 89.9 Å². The van der Waals surface area contributed by atoms with E-state index in [9.17, 15) is 19.5 Å². The Morgan fingerprint density at radius 3 is 1.85 bits per heavy atom. The predicted octanol–water partition coefficient (Wildman–Crippen LogP) is 2.31. The highest BCUT2D eigenvalue weighted by molar-refractivity contribution is 6.01. The Morgan fingerprint density at radius 2 is 1.33 bits per heavy atom. The number of imide groups is 1. The SMILES string of the molecule is NC(N)=NCCCC(C(=O)NCCc1ccc(O)cc1)N(C(=O)Cc1ccccc1)C(=O)Cc1ccccc1. The summed E-state index contributed by atoms with van der Waals surface area (Å²) in [6.07, 6.45) is 1.06. The van der Waals surface area contributed by atoms with E-state index < -0.39 is 23.8 Å². The van der Waals surface area contributed by atoms with Crippen molar-refractivity contribution in [3.63, 3.8) is 0 Å². The molecule has 3 rings (SSSR count). The molecule has 204 valence electrons. The standard InChI is InChI=1S/C30H35N5O4/c31-30(32)34-18-7-12-26(29(39)33-19-17-22-13-15-25(36)16-14-22)35(27(37)20-23-8-3-1-4-9-23)28(38)21-24-10-5-2-6-11-24/h1-6,8-11,13-16,26,36H,7,12,17-21H2,(H,33,39)(H4,31,32,34). The molecule has 6 N–H and O–H groups in total. The molecule has 3 amide bonds. The lowest BCUT2D eigenvalue weighted by Gasteiger charge is -2.30. The average Bonchev–Trinajstić information content (AvgIpc) is 2.92. The van der Waals surface area contributed by atoms with Crippen molar-refractivity contribution in [1.82, 2.24) is 10.2 Å². The van der Waals surface area contributed by atoms with E-state index in [0.717, 1.165) is 21.6 Å². The van der Waals surface area contributed by atoms with Crippen LogP contribution in [0, 0.1) is 0 Å². The first-order valence-electron chi connectivity index (χ1n) is 12.9. The molecular weight excluding hydrogens is 494 g/mol. The molecule has 0 bridgehead atoms. The zero-order valence-corrected chi connectivity index (χ0v) is 21.8. The van der Waals surface area contributed by atoms with Crippen molar-refractivity contribution >= 4 is 23.7 Å². The number of carbonyl (C=O) groups excluding carboxylic acids is 3. The number of nitrogens with two attached hydrogens (primary N) is 2. The van der Waals surface area contributed by atoms with Crippen LogP contribution in [-0.4, -0.2) is 52.8 Å². The first kappa shape index (κ1) is 28.9. The van der Waals surface area contributed by atoms with Crippen LogP contribution in [0.2, 0.25) is 0 Å². The van der Waals surface area contributed by atoms with Crippen molar-refractivity contribution in [3.05, 3.63) is 102 Å². The fourth-order valence-electron chi connectivity index (χ4n) is 4.18. The van der Waals surface area contributed by atoms with Gasteiger partial charge in [-0.15, -0.1) is 0 Å². The number of amides is 3. The third kappa shape index (κ3) is 9.62. The third-order valence-electron chi connectivity index (χ3n) is 6.13. The molecule has 0 aliphatic carbocycles. The van der Waals surface area contributed by atoms with Gasteiger partial charge in [-0.3, -0.25) is 24.3 Å². The summed E-state index contributed by atoms with van der Waals surface area (Å²) in [5.41, 5.74) is 13.3. The molecule has 9 heteroatoms. The molecule has 39 heavy (non-hydrogen) atoms. The van der Waals surface area contributed by atoms with Gasteiger partial charge in [0.15, 0.2) is 5.96 Å². The summed E-state index contributed by atoms with van der Waals surface area (Å²) in [6, 6.07) is 23.9. The second kappa shape index (κ2) is 14.9. The summed E-state index contributed by atoms with van der Waals surface area (Å²) >= 11 is 0. The Hall–Kier alpha value is -4.66. The van der Waals surface area contributed by atoms with Crippen molar-refractivity contribution in [1.29, 1.82) is 0 Å². The molecule has 0 saturated heterocycles. The zero-order chi connectivity index (χ0) is 28.0. The van der Waals surface area contributed by atoms with E-state index in [1.807, 2.05) is 60.7 Å². The smallest absolute Gasteiger partial charge is 0.243 e. The lowest BCUT2D eigenvalue weighted by atomic mass is 10.0. The Morgan fingerprint density at radius 1 is 0.795 bits per heavy atom. The number of hydrogen-bond acceptors (Lipinski definition) is 5. The van der Waals surface area contributed by atoms with Crippen molar-refractivity contribution in [2.24, 2.45) is 16.5 Å². The van der Waals surface area contributed by atoms with Gasteiger partial charge >= 0.3 is 0 Å². The summed E-state index contributed by atoms with van der Waals surface area (Å²) in [7, 11) is 0. The summed E-state index contributed by atoms with van der Waals surface area (Å²) < 4.78 is 0. The lowest BCUT2D eigenvalue weighted by molar-refractivity contribution is -0.151. The van der Waals surface area contributed by atoms with E-state index in [1.54, 1.807) is 24.3 Å². The fourth-order valence-corrected chi connectivity index (χ4v) is 4.18. The van der Waals surface area contributed by atoms with E-state index in [-0.39, 0.29) is 37.5 Å². The normalized spacial score (nSPS) is 11.3. The molecule has 9 nitrogen and oxygen atoms in total. The quantitative estimate of drug-likeness (QED) is 0.152. The molecule has 0 aliphatic rings. The molecule has 0 heterocycles. The predicted molar refractivity (Wildman–Crippen MR) is 151 cm³/mol. The minimum Gasteiger partial charge on any atom is -0.508 e. The summed E-state index contributed by atoms with van der Waals surface area (Å²) in [5.74, 6) is -1.25. The lowest BCUT2D eigenvalue weighted by Crippen LogP contribution is -2.53. The number of carbonyl (C=O) groups is 3. The minimum atomic E-state index is -1.04. The maximum Gasteiger partial charge on any atom is 0.243 e. The summed E-state index contributed by atoms with van der Waals surface area (Å²) in [4.78, 5) is 45.8. The molecule has 3 aromatic rings. The Kier molecular flexibility index (Phi) is 11.1. The van der Waals surface area contributed by atoms with Crippen LogP contribution in [-0.2, 0) is 33.6 Å². The molecule has 0 aliphatic heterocycles. The van der Waals surface area contributed by atoms with Crippen molar-refractivity contribution in [2.75, 3.05) is 13.1 Å². The summed E-state index contributed by atoms with van der Waals surface area (Å²) in [5, 5.41) is 12.4. The van der Waals surface area contributed by atoms with E-state index in [0.29, 0.717) is 19.4 Å². The monoisotopic (exact) mass is 529 g/mol. The second-order valence-corrected chi connectivity index (χ2v) is 9.15. The Bertz CT molecular complexity index is 1190. The van der Waals surface area contributed by atoms with Gasteiger partial charge in [0.25, 0.3) is 0 Å². The van der Waals surface area contributed by atoms with Gasteiger partial charge in [0, 0.05) is 13.1 Å². The van der Waals surface area contributed by atoms with Gasteiger partial charge in [-0.1, -0.05) is 72.8 Å². The van der Waals surface area contributed by atoms with Crippen LogP contribution in [0.3, 0.4) is 0 Å². The minimum absolute atomic E-state index is 0.0213. The topological polar surface area (TPSA) is 151 Å². The van der Waals surface area contributed by atoms with Crippen LogP contribution in [0.25, 0.3) is 0 Å². The number of nitrogens with one attached hydrogen (secondary N) is 1. The van der Waals surface area contributed by atoms with Gasteiger partial charge in [-0.2, -0.15) is 0 Å². The summed E-state index contributed by atoms with van der Waals surface area (Å²) in [6.45, 7) is 0.550. The van der Waals surface area contributed by atoms with Gasteiger partial charge in [-0.05, 0) is 48.1 Å². The molecule has 0 spiro atoms. The van der Waals surface area contributed by atoms with E-state index >= 15 is 0 Å². The number of rotatable bonds is 13. The van der Waals surface area contributed by atoms with Crippen molar-refractivity contribution < 1.29 is 19.5 Å². The van der Waals surface area contributed by atoms with Gasteiger partial charge in [0.1, 0.15) is 11.8 Å². The highest BCUT2D eigenvalue weighted by Gasteiger charge is 2.34. The molecule has 3 aromatic carbocycles. The third-order valence-corrected chi connectivity index (χ3v) is 6.13. The molecular formula is C30H35N5O4. The van der Waals surface area contributed by atoms with Crippen LogP contribution in [0.5, 0.6) is 5.75 Å². The van der Waals surface area contributed by atoms with E-state index in [1.165, 1.54) is 0 Å². The van der Waals surface area contributed by atoms with Crippen LogP contribution in [0.1, 0.15) is 29.5 Å². The number of nitrogens with zero attached hydrogens (tertiary/aromatic N) is 2. The number of phenols is 1. The second-order valence-electron chi connectivity index (χ2n) is 9.15.